The molecule has 3 aromatic rings. The summed E-state index contributed by atoms with van der Waals surface area (Å²) in [6.07, 6.45) is 1.79. The number of rotatable bonds is 3. The van der Waals surface area contributed by atoms with Crippen molar-refractivity contribution in [3.05, 3.63) is 75.8 Å². The van der Waals surface area contributed by atoms with Crippen LogP contribution >= 0.6 is 15.9 Å². The van der Waals surface area contributed by atoms with E-state index < -0.39 is 0 Å². The Morgan fingerprint density at radius 3 is 2.62 bits per heavy atom. The van der Waals surface area contributed by atoms with Crippen molar-refractivity contribution in [1.29, 1.82) is 0 Å². The smallest absolute Gasteiger partial charge is 0.161 e. The minimum absolute atomic E-state index is 0.226. The number of nitrogens with zero attached hydrogens (tertiary/aromatic N) is 2. The van der Waals surface area contributed by atoms with Gasteiger partial charge in [0.05, 0.1) is 17.3 Å². The Morgan fingerprint density at radius 1 is 1.12 bits per heavy atom. The number of fused-ring (bicyclic) bond motifs is 3. The quantitative estimate of drug-likeness (QED) is 0.568. The molecule has 132 valence electrons. The van der Waals surface area contributed by atoms with Crippen LogP contribution in [0, 0.1) is 12.7 Å². The number of aryl methyl sites for hydroxylation is 1. The summed E-state index contributed by atoms with van der Waals surface area (Å²) in [4.78, 5) is 6.50. The highest BCUT2D eigenvalue weighted by atomic mass is 79.9. The standard InChI is InChI=1S/C21H18BrFN2O/c1-13-18-12-25(11-14-3-5-15(26-2)6-4-14)21-17(16(18)9-10-24-13)7-8-19(22)20(21)23/h3-10H,11-12H2,1-2H3. The van der Waals surface area contributed by atoms with Crippen LogP contribution in [-0.4, -0.2) is 12.1 Å². The average molecular weight is 413 g/mol. The summed E-state index contributed by atoms with van der Waals surface area (Å²) in [6.45, 7) is 3.24. The van der Waals surface area contributed by atoms with Crippen molar-refractivity contribution in [3.63, 3.8) is 0 Å². The van der Waals surface area contributed by atoms with Gasteiger partial charge in [-0.15, -0.1) is 0 Å². The summed E-state index contributed by atoms with van der Waals surface area (Å²) in [6, 6.07) is 13.6. The second-order valence-electron chi connectivity index (χ2n) is 6.38. The number of benzene rings is 2. The van der Waals surface area contributed by atoms with Gasteiger partial charge in [-0.25, -0.2) is 4.39 Å². The van der Waals surface area contributed by atoms with Gasteiger partial charge in [0.25, 0.3) is 0 Å². The molecule has 0 atom stereocenters. The fourth-order valence-corrected chi connectivity index (χ4v) is 3.79. The third-order valence-corrected chi connectivity index (χ3v) is 5.44. The lowest BCUT2D eigenvalue weighted by molar-refractivity contribution is 0.414. The lowest BCUT2D eigenvalue weighted by Gasteiger charge is -2.34. The first-order chi connectivity index (χ1) is 12.6. The van der Waals surface area contributed by atoms with Crippen LogP contribution in [-0.2, 0) is 13.1 Å². The molecule has 26 heavy (non-hydrogen) atoms. The van der Waals surface area contributed by atoms with E-state index in [-0.39, 0.29) is 5.82 Å². The van der Waals surface area contributed by atoms with E-state index in [0.717, 1.165) is 33.7 Å². The first-order valence-electron chi connectivity index (χ1n) is 8.39. The molecule has 0 saturated carbocycles. The van der Waals surface area contributed by atoms with E-state index in [4.69, 9.17) is 4.74 Å². The maximum absolute atomic E-state index is 15.0. The van der Waals surface area contributed by atoms with Gasteiger partial charge in [-0.2, -0.15) is 0 Å². The Labute approximate surface area is 160 Å². The zero-order chi connectivity index (χ0) is 18.3. The number of pyridine rings is 1. The van der Waals surface area contributed by atoms with Crippen LogP contribution in [0.5, 0.6) is 5.75 Å². The lowest BCUT2D eigenvalue weighted by atomic mass is 9.92. The number of anilines is 1. The molecule has 5 heteroatoms. The highest BCUT2D eigenvalue weighted by Gasteiger charge is 2.27. The van der Waals surface area contributed by atoms with Crippen LogP contribution < -0.4 is 9.64 Å². The number of methoxy groups -OCH3 is 1. The summed E-state index contributed by atoms with van der Waals surface area (Å²) in [7, 11) is 1.65. The Balaban J connectivity index is 1.81. The third-order valence-electron chi connectivity index (χ3n) is 4.83. The highest BCUT2D eigenvalue weighted by molar-refractivity contribution is 9.10. The Kier molecular flexibility index (Phi) is 4.41. The molecule has 2 aromatic carbocycles. The van der Waals surface area contributed by atoms with Crippen LogP contribution in [0.1, 0.15) is 16.8 Å². The van der Waals surface area contributed by atoms with Gasteiger partial charge in [-0.05, 0) is 58.2 Å². The van der Waals surface area contributed by atoms with Crippen molar-refractivity contribution < 1.29 is 9.13 Å². The van der Waals surface area contributed by atoms with Gasteiger partial charge in [0, 0.05) is 36.1 Å². The van der Waals surface area contributed by atoms with E-state index in [1.54, 1.807) is 19.4 Å². The fraction of sp³-hybridized carbons (Fsp3) is 0.190. The molecule has 1 aliphatic heterocycles. The summed E-state index contributed by atoms with van der Waals surface area (Å²) in [5, 5.41) is 0. The van der Waals surface area contributed by atoms with Crippen LogP contribution in [0.15, 0.2) is 53.1 Å². The summed E-state index contributed by atoms with van der Waals surface area (Å²) < 4.78 is 20.7. The molecule has 0 aliphatic carbocycles. The Bertz CT molecular complexity index is 972. The molecule has 2 heterocycles. The van der Waals surface area contributed by atoms with Gasteiger partial charge in [0.2, 0.25) is 0 Å². The molecule has 1 aromatic heterocycles. The van der Waals surface area contributed by atoms with Gasteiger partial charge in [-0.1, -0.05) is 18.2 Å². The van der Waals surface area contributed by atoms with Gasteiger partial charge < -0.3 is 9.64 Å². The maximum Gasteiger partial charge on any atom is 0.161 e. The number of ether oxygens (including phenoxy) is 1. The average Bonchev–Trinajstić information content (AvgIpc) is 2.66. The Hall–Kier alpha value is -2.40. The SMILES string of the molecule is COc1ccc(CN2Cc3c(ccnc3C)-c3ccc(Br)c(F)c32)cc1. The van der Waals surface area contributed by atoms with Crippen molar-refractivity contribution in [2.75, 3.05) is 12.0 Å². The predicted molar refractivity (Wildman–Crippen MR) is 105 cm³/mol. The summed E-state index contributed by atoms with van der Waals surface area (Å²) in [5.74, 6) is 0.586. The van der Waals surface area contributed by atoms with Crippen molar-refractivity contribution in [1.82, 2.24) is 4.98 Å². The molecule has 1 aliphatic rings. The van der Waals surface area contributed by atoms with E-state index in [1.165, 1.54) is 0 Å². The minimum Gasteiger partial charge on any atom is -0.497 e. The second-order valence-corrected chi connectivity index (χ2v) is 7.24. The lowest BCUT2D eigenvalue weighted by Crippen LogP contribution is -2.28. The molecule has 3 nitrogen and oxygen atoms in total. The minimum atomic E-state index is -0.226. The topological polar surface area (TPSA) is 25.4 Å². The first kappa shape index (κ1) is 17.0. The van der Waals surface area contributed by atoms with E-state index in [1.807, 2.05) is 43.3 Å². The number of hydrogen-bond donors (Lipinski definition) is 0. The predicted octanol–water partition coefficient (Wildman–Crippen LogP) is 5.49. The molecule has 0 unspecified atom stereocenters. The number of hydrogen-bond acceptors (Lipinski definition) is 3. The van der Waals surface area contributed by atoms with E-state index in [0.29, 0.717) is 23.2 Å². The van der Waals surface area contributed by atoms with Crippen LogP contribution in [0.4, 0.5) is 10.1 Å². The van der Waals surface area contributed by atoms with Crippen molar-refractivity contribution in [2.45, 2.75) is 20.0 Å². The molecule has 0 amide bonds. The van der Waals surface area contributed by atoms with Gasteiger partial charge in [0.15, 0.2) is 5.82 Å². The van der Waals surface area contributed by atoms with Crippen LogP contribution in [0.3, 0.4) is 0 Å². The van der Waals surface area contributed by atoms with Crippen LogP contribution in [0.2, 0.25) is 0 Å². The van der Waals surface area contributed by atoms with E-state index >= 15 is 4.39 Å². The van der Waals surface area contributed by atoms with Crippen LogP contribution in [0.25, 0.3) is 11.1 Å². The molecule has 0 N–H and O–H groups in total. The fourth-order valence-electron chi connectivity index (χ4n) is 3.47. The zero-order valence-corrected chi connectivity index (χ0v) is 16.2. The summed E-state index contributed by atoms with van der Waals surface area (Å²) >= 11 is 3.33. The number of aromatic nitrogens is 1. The van der Waals surface area contributed by atoms with Gasteiger partial charge in [-0.3, -0.25) is 4.98 Å². The second kappa shape index (κ2) is 6.72. The summed E-state index contributed by atoms with van der Waals surface area (Å²) in [5.41, 5.74) is 5.83. The molecule has 0 radical (unpaired) electrons. The largest absolute Gasteiger partial charge is 0.497 e. The van der Waals surface area contributed by atoms with Crippen molar-refractivity contribution in [2.24, 2.45) is 0 Å². The van der Waals surface area contributed by atoms with Gasteiger partial charge in [0.1, 0.15) is 5.75 Å². The molecule has 0 fully saturated rings. The molecular weight excluding hydrogens is 395 g/mol. The zero-order valence-electron chi connectivity index (χ0n) is 14.6. The molecule has 4 rings (SSSR count). The van der Waals surface area contributed by atoms with Crippen molar-refractivity contribution >= 4 is 21.6 Å². The maximum atomic E-state index is 15.0. The van der Waals surface area contributed by atoms with Crippen molar-refractivity contribution in [3.8, 4) is 16.9 Å². The third kappa shape index (κ3) is 2.86. The first-order valence-corrected chi connectivity index (χ1v) is 9.18. The highest BCUT2D eigenvalue weighted by Crippen LogP contribution is 2.43. The molecule has 0 spiro atoms. The number of halogens is 2. The van der Waals surface area contributed by atoms with Gasteiger partial charge >= 0.3 is 0 Å². The monoisotopic (exact) mass is 412 g/mol. The van der Waals surface area contributed by atoms with E-state index in [2.05, 4.69) is 25.8 Å². The molecule has 0 bridgehead atoms. The van der Waals surface area contributed by atoms with E-state index in [9.17, 15) is 0 Å². The Morgan fingerprint density at radius 2 is 1.88 bits per heavy atom. The molecule has 0 saturated heterocycles. The molecular formula is C21H18BrFN2O. The normalized spacial score (nSPS) is 12.5.